The average molecular weight is 316 g/mol. The molecule has 125 valence electrons. The van der Waals surface area contributed by atoms with E-state index in [4.69, 9.17) is 14.2 Å². The highest BCUT2D eigenvalue weighted by Crippen LogP contribution is 2.28. The highest BCUT2D eigenvalue weighted by Gasteiger charge is 2.36. The lowest BCUT2D eigenvalue weighted by Crippen LogP contribution is -2.44. The molecule has 0 aromatic rings. The summed E-state index contributed by atoms with van der Waals surface area (Å²) in [7, 11) is 3.52. The van der Waals surface area contributed by atoms with Crippen molar-refractivity contribution in [2.45, 2.75) is 110 Å². The van der Waals surface area contributed by atoms with Crippen LogP contribution in [0.3, 0.4) is 0 Å². The fourth-order valence-electron chi connectivity index (χ4n) is 2.33. The molecule has 0 spiro atoms. The van der Waals surface area contributed by atoms with E-state index < -0.39 is 5.97 Å². The molecule has 0 saturated carbocycles. The first-order chi connectivity index (χ1) is 9.81. The van der Waals surface area contributed by atoms with E-state index in [9.17, 15) is 0 Å². The van der Waals surface area contributed by atoms with Gasteiger partial charge >= 0.3 is 0 Å². The molecule has 0 heterocycles. The van der Waals surface area contributed by atoms with Crippen molar-refractivity contribution in [2.75, 3.05) is 0 Å². The summed E-state index contributed by atoms with van der Waals surface area (Å²) in [4.78, 5) is 0. The van der Waals surface area contributed by atoms with Crippen molar-refractivity contribution in [3.05, 3.63) is 0 Å². The molecule has 0 aliphatic rings. The first kappa shape index (κ1) is 21.1. The molecule has 0 saturated heterocycles. The maximum Gasteiger partial charge on any atom is 0.283 e. The van der Waals surface area contributed by atoms with E-state index in [1.807, 2.05) is 41.5 Å². The van der Waals surface area contributed by atoms with E-state index >= 15 is 0 Å². The standard InChI is InChI=1S/C17H35O3Si/c1-14(2)18-17(19-15(3)4,20-16(5)6)12-10-8-7-9-11-13-21/h14-16H,7-13H2,1-6H3. The van der Waals surface area contributed by atoms with E-state index in [0.717, 1.165) is 18.9 Å². The Morgan fingerprint density at radius 3 is 1.43 bits per heavy atom. The zero-order valence-corrected chi connectivity index (χ0v) is 15.9. The lowest BCUT2D eigenvalue weighted by Gasteiger charge is -2.37. The van der Waals surface area contributed by atoms with Gasteiger partial charge in [-0.25, -0.2) is 0 Å². The molecule has 0 aliphatic heterocycles. The van der Waals surface area contributed by atoms with Crippen LogP contribution in [0.4, 0.5) is 0 Å². The van der Waals surface area contributed by atoms with Gasteiger partial charge in [0, 0.05) is 16.7 Å². The Hall–Kier alpha value is 0.0969. The van der Waals surface area contributed by atoms with Crippen LogP contribution in [0.25, 0.3) is 0 Å². The summed E-state index contributed by atoms with van der Waals surface area (Å²) in [5.74, 6) is -0.897. The Kier molecular flexibility index (Phi) is 11.7. The number of hydrogen-bond acceptors (Lipinski definition) is 3. The van der Waals surface area contributed by atoms with Gasteiger partial charge in [0.15, 0.2) is 0 Å². The Bertz CT molecular complexity index is 216. The van der Waals surface area contributed by atoms with Gasteiger partial charge in [0.25, 0.3) is 5.97 Å². The molecule has 0 bridgehead atoms. The molecule has 0 atom stereocenters. The zero-order chi connectivity index (χ0) is 16.3. The molecule has 0 aromatic carbocycles. The smallest absolute Gasteiger partial charge is 0.283 e. The molecule has 0 amide bonds. The van der Waals surface area contributed by atoms with E-state index in [2.05, 4.69) is 10.2 Å². The van der Waals surface area contributed by atoms with Crippen LogP contribution >= 0.6 is 0 Å². The Labute approximate surface area is 135 Å². The topological polar surface area (TPSA) is 27.7 Å². The van der Waals surface area contributed by atoms with Crippen LogP contribution in [0.1, 0.15) is 80.1 Å². The fraction of sp³-hybridized carbons (Fsp3) is 1.00. The van der Waals surface area contributed by atoms with Gasteiger partial charge < -0.3 is 14.2 Å². The third kappa shape index (κ3) is 11.3. The molecule has 0 fully saturated rings. The van der Waals surface area contributed by atoms with Crippen LogP contribution in [0, 0.1) is 0 Å². The second-order valence-corrected chi connectivity index (χ2v) is 6.95. The highest BCUT2D eigenvalue weighted by molar-refractivity contribution is 6.08. The first-order valence-electron chi connectivity index (χ1n) is 8.49. The van der Waals surface area contributed by atoms with Crippen LogP contribution in [-0.2, 0) is 14.2 Å². The molecular weight excluding hydrogens is 280 g/mol. The van der Waals surface area contributed by atoms with Gasteiger partial charge in [0.1, 0.15) is 0 Å². The maximum absolute atomic E-state index is 6.04. The van der Waals surface area contributed by atoms with Crippen LogP contribution in [0.2, 0.25) is 6.04 Å². The summed E-state index contributed by atoms with van der Waals surface area (Å²) in [5, 5.41) is 0. The van der Waals surface area contributed by atoms with Gasteiger partial charge in [0.2, 0.25) is 0 Å². The molecule has 4 heteroatoms. The van der Waals surface area contributed by atoms with Crippen molar-refractivity contribution in [3.8, 4) is 0 Å². The molecule has 0 aromatic heterocycles. The number of hydrogen-bond donors (Lipinski definition) is 0. The molecule has 0 unspecified atom stereocenters. The van der Waals surface area contributed by atoms with E-state index in [1.54, 1.807) is 0 Å². The van der Waals surface area contributed by atoms with Crippen molar-refractivity contribution in [1.29, 1.82) is 0 Å². The summed E-state index contributed by atoms with van der Waals surface area (Å²) in [5.41, 5.74) is 0. The predicted octanol–water partition coefficient (Wildman–Crippen LogP) is 4.84. The fourth-order valence-corrected chi connectivity index (χ4v) is 2.58. The minimum absolute atomic E-state index is 0.0793. The first-order valence-corrected chi connectivity index (χ1v) is 9.20. The predicted molar refractivity (Wildman–Crippen MR) is 89.7 cm³/mol. The second kappa shape index (κ2) is 11.6. The largest absolute Gasteiger partial charge is 0.325 e. The molecule has 0 rings (SSSR count). The van der Waals surface area contributed by atoms with E-state index in [1.165, 1.54) is 25.7 Å². The summed E-state index contributed by atoms with van der Waals surface area (Å²) in [6.45, 7) is 12.2. The Morgan fingerprint density at radius 2 is 1.05 bits per heavy atom. The minimum atomic E-state index is -0.897. The van der Waals surface area contributed by atoms with Crippen LogP contribution < -0.4 is 0 Å². The van der Waals surface area contributed by atoms with Crippen molar-refractivity contribution >= 4 is 10.2 Å². The molecule has 0 aliphatic carbocycles. The SMILES string of the molecule is CC(C)OC(CCCCCCC[Si])(OC(C)C)OC(C)C. The summed E-state index contributed by atoms with van der Waals surface area (Å²) in [6.07, 6.45) is 7.06. The molecule has 3 radical (unpaired) electrons. The van der Waals surface area contributed by atoms with Crippen molar-refractivity contribution in [3.63, 3.8) is 0 Å². The number of unbranched alkanes of at least 4 members (excludes halogenated alkanes) is 4. The van der Waals surface area contributed by atoms with Crippen LogP contribution in [0.5, 0.6) is 0 Å². The highest BCUT2D eigenvalue weighted by atomic mass is 28.1. The Balaban J connectivity index is 4.51. The van der Waals surface area contributed by atoms with Gasteiger partial charge in [-0.1, -0.05) is 31.7 Å². The van der Waals surface area contributed by atoms with Gasteiger partial charge in [-0.3, -0.25) is 0 Å². The lowest BCUT2D eigenvalue weighted by molar-refractivity contribution is -0.412. The average Bonchev–Trinajstić information content (AvgIpc) is 2.30. The van der Waals surface area contributed by atoms with E-state index in [0.29, 0.717) is 0 Å². The van der Waals surface area contributed by atoms with Crippen molar-refractivity contribution in [1.82, 2.24) is 0 Å². The maximum atomic E-state index is 6.04. The summed E-state index contributed by atoms with van der Waals surface area (Å²) >= 11 is 0. The third-order valence-corrected chi connectivity index (χ3v) is 3.26. The normalized spacial score (nSPS) is 12.9. The van der Waals surface area contributed by atoms with Crippen LogP contribution in [0.15, 0.2) is 0 Å². The van der Waals surface area contributed by atoms with Crippen molar-refractivity contribution in [2.24, 2.45) is 0 Å². The number of rotatable bonds is 13. The molecule has 0 N–H and O–H groups in total. The zero-order valence-electron chi connectivity index (χ0n) is 14.9. The molecular formula is C17H35O3Si. The van der Waals surface area contributed by atoms with E-state index in [-0.39, 0.29) is 18.3 Å². The second-order valence-electron chi connectivity index (χ2n) is 6.45. The minimum Gasteiger partial charge on any atom is -0.325 e. The van der Waals surface area contributed by atoms with Crippen LogP contribution in [-0.4, -0.2) is 34.5 Å². The summed E-state index contributed by atoms with van der Waals surface area (Å²) < 4.78 is 18.1. The monoisotopic (exact) mass is 315 g/mol. The van der Waals surface area contributed by atoms with Gasteiger partial charge in [0.05, 0.1) is 18.3 Å². The lowest BCUT2D eigenvalue weighted by atomic mass is 10.1. The van der Waals surface area contributed by atoms with Crippen molar-refractivity contribution < 1.29 is 14.2 Å². The molecule has 21 heavy (non-hydrogen) atoms. The Morgan fingerprint density at radius 1 is 0.667 bits per heavy atom. The quantitative estimate of drug-likeness (QED) is 0.276. The van der Waals surface area contributed by atoms with Gasteiger partial charge in [-0.05, 0) is 48.0 Å². The summed E-state index contributed by atoms with van der Waals surface area (Å²) in [6, 6.07) is 1.09. The third-order valence-electron chi connectivity index (χ3n) is 2.91. The van der Waals surface area contributed by atoms with Gasteiger partial charge in [-0.15, -0.1) is 0 Å². The number of ether oxygens (including phenoxy) is 3. The van der Waals surface area contributed by atoms with Gasteiger partial charge in [-0.2, -0.15) is 0 Å². The molecule has 3 nitrogen and oxygen atoms in total.